The van der Waals surface area contributed by atoms with Crippen LogP contribution in [0.1, 0.15) is 44.2 Å². The van der Waals surface area contributed by atoms with Crippen LogP contribution in [0, 0.1) is 0 Å². The van der Waals surface area contributed by atoms with Crippen molar-refractivity contribution < 1.29 is 5.11 Å². The van der Waals surface area contributed by atoms with Gasteiger partial charge in [-0.1, -0.05) is 38.1 Å². The Labute approximate surface area is 104 Å². The second-order valence-corrected chi connectivity index (χ2v) is 5.43. The molecule has 2 rings (SSSR count). The number of hydrogen-bond donors (Lipinski definition) is 2. The molecule has 17 heavy (non-hydrogen) atoms. The van der Waals surface area contributed by atoms with Gasteiger partial charge in [0.2, 0.25) is 0 Å². The smallest absolute Gasteiger partial charge is 0.102 e. The lowest BCUT2D eigenvalue weighted by Gasteiger charge is -2.30. The number of rotatable bonds is 3. The molecule has 0 aromatic heterocycles. The van der Waals surface area contributed by atoms with Crippen molar-refractivity contribution in [3.05, 3.63) is 35.4 Å². The molecule has 1 aliphatic rings. The zero-order valence-electron chi connectivity index (χ0n) is 10.9. The Morgan fingerprint density at radius 2 is 2.06 bits per heavy atom. The van der Waals surface area contributed by atoms with Gasteiger partial charge in [0.15, 0.2) is 0 Å². The highest BCUT2D eigenvalue weighted by molar-refractivity contribution is 5.33. The first kappa shape index (κ1) is 12.6. The van der Waals surface area contributed by atoms with Gasteiger partial charge < -0.3 is 10.4 Å². The van der Waals surface area contributed by atoms with Crippen LogP contribution in [0.2, 0.25) is 0 Å². The first-order valence-electron chi connectivity index (χ1n) is 6.66. The lowest BCUT2D eigenvalue weighted by Crippen LogP contribution is -2.41. The van der Waals surface area contributed by atoms with Crippen LogP contribution in [0.15, 0.2) is 24.3 Å². The lowest BCUT2D eigenvalue weighted by atomic mass is 9.87. The molecule has 2 N–H and O–H groups in total. The normalized spacial score (nSPS) is 24.5. The predicted octanol–water partition coefficient (Wildman–Crippen LogP) is 2.60. The third kappa shape index (κ3) is 2.88. The maximum absolute atomic E-state index is 10.9. The molecular formula is C15H23NO. The molecule has 1 aliphatic carbocycles. The van der Waals surface area contributed by atoms with E-state index in [1.165, 1.54) is 12.0 Å². The van der Waals surface area contributed by atoms with Crippen molar-refractivity contribution in [1.29, 1.82) is 0 Å². The summed E-state index contributed by atoms with van der Waals surface area (Å²) >= 11 is 0. The van der Waals surface area contributed by atoms with E-state index in [0.29, 0.717) is 12.6 Å². The van der Waals surface area contributed by atoms with Gasteiger partial charge in [0.1, 0.15) is 5.60 Å². The van der Waals surface area contributed by atoms with Gasteiger partial charge >= 0.3 is 0 Å². The lowest BCUT2D eigenvalue weighted by molar-refractivity contribution is 0.0255. The summed E-state index contributed by atoms with van der Waals surface area (Å²) in [6, 6.07) is 8.75. The highest BCUT2D eigenvalue weighted by atomic mass is 16.3. The van der Waals surface area contributed by atoms with E-state index in [4.69, 9.17) is 0 Å². The number of nitrogens with one attached hydrogen (secondary N) is 1. The van der Waals surface area contributed by atoms with E-state index in [9.17, 15) is 5.11 Å². The van der Waals surface area contributed by atoms with Crippen LogP contribution in [0.5, 0.6) is 0 Å². The Balaban J connectivity index is 2.26. The Morgan fingerprint density at radius 3 is 2.82 bits per heavy atom. The van der Waals surface area contributed by atoms with Gasteiger partial charge in [0.05, 0.1) is 0 Å². The number of aryl methyl sites for hydroxylation is 1. The van der Waals surface area contributed by atoms with E-state index in [0.717, 1.165) is 24.8 Å². The Kier molecular flexibility index (Phi) is 3.85. The van der Waals surface area contributed by atoms with E-state index >= 15 is 0 Å². The fourth-order valence-electron chi connectivity index (χ4n) is 2.62. The molecule has 0 saturated heterocycles. The van der Waals surface area contributed by atoms with Crippen molar-refractivity contribution in [1.82, 2.24) is 5.32 Å². The molecule has 0 heterocycles. The quantitative estimate of drug-likeness (QED) is 0.787. The van der Waals surface area contributed by atoms with Gasteiger partial charge in [-0.05, 0) is 36.8 Å². The van der Waals surface area contributed by atoms with E-state index in [1.807, 2.05) is 6.07 Å². The van der Waals surface area contributed by atoms with E-state index in [2.05, 4.69) is 37.4 Å². The molecule has 0 spiro atoms. The zero-order chi connectivity index (χ0) is 12.3. The van der Waals surface area contributed by atoms with Crippen molar-refractivity contribution in [2.45, 2.75) is 51.2 Å². The maximum Gasteiger partial charge on any atom is 0.102 e. The van der Waals surface area contributed by atoms with Gasteiger partial charge in [-0.3, -0.25) is 0 Å². The van der Waals surface area contributed by atoms with Crippen molar-refractivity contribution in [3.8, 4) is 0 Å². The minimum Gasteiger partial charge on any atom is -0.384 e. The van der Waals surface area contributed by atoms with E-state index in [1.54, 1.807) is 0 Å². The maximum atomic E-state index is 10.9. The summed E-state index contributed by atoms with van der Waals surface area (Å²) < 4.78 is 0. The second-order valence-electron chi connectivity index (χ2n) is 5.43. The van der Waals surface area contributed by atoms with Crippen molar-refractivity contribution in [2.24, 2.45) is 0 Å². The monoisotopic (exact) mass is 233 g/mol. The predicted molar refractivity (Wildman–Crippen MR) is 71.0 cm³/mol. The van der Waals surface area contributed by atoms with Crippen molar-refractivity contribution in [3.63, 3.8) is 0 Å². The number of hydrogen-bond acceptors (Lipinski definition) is 2. The Morgan fingerprint density at radius 1 is 1.29 bits per heavy atom. The molecule has 0 radical (unpaired) electrons. The molecule has 0 saturated carbocycles. The first-order valence-corrected chi connectivity index (χ1v) is 6.66. The van der Waals surface area contributed by atoms with Crippen LogP contribution in [0.4, 0.5) is 0 Å². The van der Waals surface area contributed by atoms with Gasteiger partial charge in [-0.15, -0.1) is 0 Å². The van der Waals surface area contributed by atoms with Crippen LogP contribution in [0.3, 0.4) is 0 Å². The average Bonchev–Trinajstić information content (AvgIpc) is 2.48. The van der Waals surface area contributed by atoms with Gasteiger partial charge in [0, 0.05) is 12.6 Å². The van der Waals surface area contributed by atoms with Crippen LogP contribution < -0.4 is 5.32 Å². The van der Waals surface area contributed by atoms with Crippen molar-refractivity contribution >= 4 is 0 Å². The summed E-state index contributed by atoms with van der Waals surface area (Å²) in [7, 11) is 0. The molecule has 0 aliphatic heterocycles. The minimum absolute atomic E-state index is 0.412. The topological polar surface area (TPSA) is 32.3 Å². The summed E-state index contributed by atoms with van der Waals surface area (Å²) in [6.07, 6.45) is 4.25. The molecular weight excluding hydrogens is 210 g/mol. The third-order valence-electron chi connectivity index (χ3n) is 3.61. The molecule has 0 amide bonds. The molecule has 1 atom stereocenters. The molecule has 1 aromatic carbocycles. The summed E-state index contributed by atoms with van der Waals surface area (Å²) in [4.78, 5) is 0. The number of benzene rings is 1. The van der Waals surface area contributed by atoms with E-state index < -0.39 is 5.60 Å². The van der Waals surface area contributed by atoms with E-state index in [-0.39, 0.29) is 0 Å². The largest absolute Gasteiger partial charge is 0.384 e. The van der Waals surface area contributed by atoms with Crippen molar-refractivity contribution in [2.75, 3.05) is 6.54 Å². The standard InChI is InChI=1S/C15H23NO/c1-12(2)16-11-15(17)10-6-5-8-13-7-3-4-9-14(13)15/h3-4,7,9,12,16-17H,5-6,8,10-11H2,1-2H3. The number of aliphatic hydroxyl groups is 1. The van der Waals surface area contributed by atoms with Gasteiger partial charge in [0.25, 0.3) is 0 Å². The van der Waals surface area contributed by atoms with Crippen LogP contribution in [-0.2, 0) is 12.0 Å². The molecule has 1 unspecified atom stereocenters. The third-order valence-corrected chi connectivity index (χ3v) is 3.61. The fourth-order valence-corrected chi connectivity index (χ4v) is 2.62. The molecule has 0 bridgehead atoms. The van der Waals surface area contributed by atoms with Gasteiger partial charge in [-0.25, -0.2) is 0 Å². The Bertz CT molecular complexity index is 375. The number of fused-ring (bicyclic) bond motifs is 1. The molecule has 2 heteroatoms. The summed E-state index contributed by atoms with van der Waals surface area (Å²) in [5.41, 5.74) is 1.76. The molecule has 0 fully saturated rings. The zero-order valence-corrected chi connectivity index (χ0v) is 10.9. The van der Waals surface area contributed by atoms with Crippen LogP contribution in [0.25, 0.3) is 0 Å². The average molecular weight is 233 g/mol. The molecule has 94 valence electrons. The fraction of sp³-hybridized carbons (Fsp3) is 0.600. The van der Waals surface area contributed by atoms with Crippen LogP contribution >= 0.6 is 0 Å². The summed E-state index contributed by atoms with van der Waals surface area (Å²) in [5, 5.41) is 14.3. The molecule has 2 nitrogen and oxygen atoms in total. The Hall–Kier alpha value is -0.860. The SMILES string of the molecule is CC(C)NCC1(O)CCCCc2ccccc21. The molecule has 1 aromatic rings. The minimum atomic E-state index is -0.683. The second kappa shape index (κ2) is 5.19. The van der Waals surface area contributed by atoms with Crippen LogP contribution in [-0.4, -0.2) is 17.7 Å². The highest BCUT2D eigenvalue weighted by Crippen LogP contribution is 2.33. The highest BCUT2D eigenvalue weighted by Gasteiger charge is 2.32. The van der Waals surface area contributed by atoms with Gasteiger partial charge in [-0.2, -0.15) is 0 Å². The first-order chi connectivity index (χ1) is 8.12. The summed E-state index contributed by atoms with van der Waals surface area (Å²) in [5.74, 6) is 0. The summed E-state index contributed by atoms with van der Waals surface area (Å²) in [6.45, 7) is 4.89.